The average molecular weight is 241 g/mol. The van der Waals surface area contributed by atoms with Crippen LogP contribution in [0.25, 0.3) is 0 Å². The van der Waals surface area contributed by atoms with Crippen molar-refractivity contribution in [3.8, 4) is 0 Å². The molecule has 0 bridgehead atoms. The van der Waals surface area contributed by atoms with Gasteiger partial charge in [-0.15, -0.1) is 0 Å². The number of halogens is 1. The summed E-state index contributed by atoms with van der Waals surface area (Å²) in [5.41, 5.74) is 0.740. The Kier molecular flexibility index (Phi) is 4.54. The highest BCUT2D eigenvalue weighted by molar-refractivity contribution is 6.30. The van der Waals surface area contributed by atoms with Crippen molar-refractivity contribution in [2.75, 3.05) is 0 Å². The van der Waals surface area contributed by atoms with Crippen LogP contribution in [0.5, 0.6) is 0 Å². The van der Waals surface area contributed by atoms with E-state index in [1.807, 2.05) is 0 Å². The fourth-order valence-electron chi connectivity index (χ4n) is 0.969. The average Bonchev–Trinajstić information content (AvgIpc) is 2.23. The Bertz CT molecular complexity index is 426. The lowest BCUT2D eigenvalue weighted by Gasteiger charge is -2.02. The van der Waals surface area contributed by atoms with Crippen molar-refractivity contribution in [3.63, 3.8) is 0 Å². The Morgan fingerprint density at radius 1 is 1.38 bits per heavy atom. The van der Waals surface area contributed by atoms with Crippen LogP contribution in [0.1, 0.15) is 5.56 Å². The molecule has 1 N–H and O–H groups in total. The van der Waals surface area contributed by atoms with E-state index >= 15 is 0 Å². The number of hydrogen-bond acceptors (Lipinski definition) is 3. The Hall–Kier alpha value is -1.81. The van der Waals surface area contributed by atoms with Crippen LogP contribution in [0, 0.1) is 0 Å². The lowest BCUT2D eigenvalue weighted by Crippen LogP contribution is -2.02. The molecular formula is C11H9ClO4. The second-order valence-electron chi connectivity index (χ2n) is 2.91. The normalized spacial score (nSPS) is 10.3. The molecule has 0 aliphatic rings. The molecule has 0 aromatic heterocycles. The van der Waals surface area contributed by atoms with Crippen molar-refractivity contribution in [2.24, 2.45) is 0 Å². The van der Waals surface area contributed by atoms with Crippen LogP contribution in [-0.4, -0.2) is 17.0 Å². The van der Waals surface area contributed by atoms with Gasteiger partial charge >= 0.3 is 11.9 Å². The lowest BCUT2D eigenvalue weighted by molar-refractivity contribution is -0.139. The Morgan fingerprint density at radius 3 is 2.75 bits per heavy atom. The molecule has 84 valence electrons. The minimum absolute atomic E-state index is 0.0589. The van der Waals surface area contributed by atoms with Crippen LogP contribution >= 0.6 is 11.6 Å². The van der Waals surface area contributed by atoms with Crippen molar-refractivity contribution >= 4 is 23.5 Å². The molecule has 1 aromatic rings. The maximum absolute atomic E-state index is 11.0. The Balaban J connectivity index is 2.46. The smallest absolute Gasteiger partial charge is 0.331 e. The number of carbonyl (C=O) groups is 2. The summed E-state index contributed by atoms with van der Waals surface area (Å²) in [6.07, 6.45) is 1.58. The highest BCUT2D eigenvalue weighted by Crippen LogP contribution is 2.11. The summed E-state index contributed by atoms with van der Waals surface area (Å²) in [4.78, 5) is 21.1. The molecular weight excluding hydrogens is 232 g/mol. The number of rotatable bonds is 4. The number of ether oxygens (including phenoxy) is 1. The van der Waals surface area contributed by atoms with Crippen LogP contribution in [0.2, 0.25) is 5.02 Å². The molecule has 0 atom stereocenters. The maximum Gasteiger partial charge on any atom is 0.331 e. The first kappa shape index (κ1) is 12.3. The van der Waals surface area contributed by atoms with E-state index in [0.29, 0.717) is 5.02 Å². The third-order valence-corrected chi connectivity index (χ3v) is 1.87. The Morgan fingerprint density at radius 2 is 2.12 bits per heavy atom. The summed E-state index contributed by atoms with van der Waals surface area (Å²) in [7, 11) is 0. The molecule has 1 rings (SSSR count). The van der Waals surface area contributed by atoms with E-state index in [1.54, 1.807) is 24.3 Å². The van der Waals surface area contributed by atoms with Gasteiger partial charge in [0.1, 0.15) is 6.61 Å². The molecule has 0 aliphatic heterocycles. The van der Waals surface area contributed by atoms with Crippen molar-refractivity contribution in [1.82, 2.24) is 0 Å². The van der Waals surface area contributed by atoms with Gasteiger partial charge in [0.05, 0.1) is 0 Å². The molecule has 0 amide bonds. The molecule has 5 heteroatoms. The standard InChI is InChI=1S/C11H9ClO4/c12-9-3-1-2-8(6-9)7-16-11(15)5-4-10(13)14/h1-6H,7H2,(H,13,14)/b5-4+. The molecule has 0 radical (unpaired) electrons. The van der Waals surface area contributed by atoms with Gasteiger partial charge in [-0.3, -0.25) is 0 Å². The summed E-state index contributed by atoms with van der Waals surface area (Å²) in [5, 5.41) is 8.82. The molecule has 0 unspecified atom stereocenters. The highest BCUT2D eigenvalue weighted by atomic mass is 35.5. The molecule has 4 nitrogen and oxygen atoms in total. The van der Waals surface area contributed by atoms with Gasteiger partial charge in [0.15, 0.2) is 0 Å². The number of esters is 1. The molecule has 0 spiro atoms. The summed E-state index contributed by atoms with van der Waals surface area (Å²) in [5.74, 6) is -1.90. The van der Waals surface area contributed by atoms with E-state index in [2.05, 4.69) is 0 Å². The fraction of sp³-hybridized carbons (Fsp3) is 0.0909. The first-order chi connectivity index (χ1) is 7.58. The van der Waals surface area contributed by atoms with Crippen LogP contribution in [0.3, 0.4) is 0 Å². The van der Waals surface area contributed by atoms with E-state index in [9.17, 15) is 9.59 Å². The van der Waals surface area contributed by atoms with E-state index in [4.69, 9.17) is 21.4 Å². The van der Waals surface area contributed by atoms with E-state index in [-0.39, 0.29) is 6.61 Å². The highest BCUT2D eigenvalue weighted by Gasteiger charge is 2.00. The number of aliphatic carboxylic acids is 1. The zero-order chi connectivity index (χ0) is 12.0. The number of benzene rings is 1. The second kappa shape index (κ2) is 5.92. The largest absolute Gasteiger partial charge is 0.478 e. The fourth-order valence-corrected chi connectivity index (χ4v) is 1.18. The molecule has 0 saturated heterocycles. The first-order valence-corrected chi connectivity index (χ1v) is 4.78. The number of hydrogen-bond donors (Lipinski definition) is 1. The quantitative estimate of drug-likeness (QED) is 0.646. The zero-order valence-corrected chi connectivity index (χ0v) is 8.98. The zero-order valence-electron chi connectivity index (χ0n) is 8.22. The van der Waals surface area contributed by atoms with E-state index < -0.39 is 11.9 Å². The van der Waals surface area contributed by atoms with Crippen LogP contribution in [-0.2, 0) is 20.9 Å². The van der Waals surface area contributed by atoms with E-state index in [0.717, 1.165) is 17.7 Å². The van der Waals surface area contributed by atoms with Gasteiger partial charge in [-0.25, -0.2) is 9.59 Å². The SMILES string of the molecule is O=C(O)/C=C/C(=O)OCc1cccc(Cl)c1. The monoisotopic (exact) mass is 240 g/mol. The van der Waals surface area contributed by atoms with Gasteiger partial charge in [-0.2, -0.15) is 0 Å². The van der Waals surface area contributed by atoms with E-state index in [1.165, 1.54) is 0 Å². The van der Waals surface area contributed by atoms with Gasteiger partial charge < -0.3 is 9.84 Å². The number of carboxylic acid groups (broad SMARTS) is 1. The summed E-state index contributed by atoms with van der Waals surface area (Å²) >= 11 is 5.73. The molecule has 0 saturated carbocycles. The first-order valence-electron chi connectivity index (χ1n) is 4.40. The third-order valence-electron chi connectivity index (χ3n) is 1.63. The summed E-state index contributed by atoms with van der Waals surface area (Å²) in [6, 6.07) is 6.85. The third kappa shape index (κ3) is 4.61. The molecule has 0 heterocycles. The van der Waals surface area contributed by atoms with Crippen molar-refractivity contribution in [1.29, 1.82) is 0 Å². The minimum Gasteiger partial charge on any atom is -0.478 e. The predicted molar refractivity (Wildman–Crippen MR) is 58.0 cm³/mol. The predicted octanol–water partition coefficient (Wildman–Crippen LogP) is 2.02. The van der Waals surface area contributed by atoms with Gasteiger partial charge in [0.25, 0.3) is 0 Å². The van der Waals surface area contributed by atoms with Gasteiger partial charge in [0.2, 0.25) is 0 Å². The van der Waals surface area contributed by atoms with Crippen molar-refractivity contribution in [3.05, 3.63) is 47.0 Å². The number of carbonyl (C=O) groups excluding carboxylic acids is 1. The van der Waals surface area contributed by atoms with Gasteiger partial charge in [-0.1, -0.05) is 23.7 Å². The lowest BCUT2D eigenvalue weighted by atomic mass is 10.2. The maximum atomic E-state index is 11.0. The molecule has 0 aliphatic carbocycles. The van der Waals surface area contributed by atoms with Gasteiger partial charge in [-0.05, 0) is 17.7 Å². The summed E-state index contributed by atoms with van der Waals surface area (Å²) in [6.45, 7) is 0.0589. The van der Waals surface area contributed by atoms with Crippen molar-refractivity contribution < 1.29 is 19.4 Å². The van der Waals surface area contributed by atoms with Crippen LogP contribution in [0.15, 0.2) is 36.4 Å². The molecule has 1 aromatic carbocycles. The topological polar surface area (TPSA) is 63.6 Å². The number of carboxylic acids is 1. The van der Waals surface area contributed by atoms with Gasteiger partial charge in [0, 0.05) is 17.2 Å². The molecule has 16 heavy (non-hydrogen) atoms. The minimum atomic E-state index is -1.19. The van der Waals surface area contributed by atoms with Crippen LogP contribution in [0.4, 0.5) is 0 Å². The summed E-state index contributed by atoms with van der Waals surface area (Å²) < 4.78 is 4.79. The second-order valence-corrected chi connectivity index (χ2v) is 3.35. The molecule has 0 fully saturated rings. The van der Waals surface area contributed by atoms with Crippen molar-refractivity contribution in [2.45, 2.75) is 6.61 Å². The van der Waals surface area contributed by atoms with Crippen LogP contribution < -0.4 is 0 Å². The Labute approximate surface area is 97.1 Å².